The Morgan fingerprint density at radius 2 is 2.05 bits per heavy atom. The van der Waals surface area contributed by atoms with Gasteiger partial charge in [0.05, 0.1) is 0 Å². The lowest BCUT2D eigenvalue weighted by molar-refractivity contribution is 0.467. The number of halogens is 2. The van der Waals surface area contributed by atoms with Gasteiger partial charge in [0.25, 0.3) is 0 Å². The summed E-state index contributed by atoms with van der Waals surface area (Å²) in [5.74, 6) is 0.941. The van der Waals surface area contributed by atoms with Gasteiger partial charge in [0.15, 0.2) is 0 Å². The minimum Gasteiger partial charge on any atom is -0.457 e. The summed E-state index contributed by atoms with van der Waals surface area (Å²) < 4.78 is 20.0. The van der Waals surface area contributed by atoms with Crippen molar-refractivity contribution < 1.29 is 9.13 Å². The van der Waals surface area contributed by atoms with Crippen LogP contribution in [-0.2, 0) is 6.54 Å². The normalized spacial score (nSPS) is 10.6. The molecule has 0 saturated heterocycles. The average Bonchev–Trinajstić information content (AvgIpc) is 2.42. The predicted octanol–water partition coefficient (Wildman–Crippen LogP) is 4.88. The highest BCUT2D eigenvalue weighted by atomic mass is 79.9. The van der Waals surface area contributed by atoms with Crippen LogP contribution >= 0.6 is 15.9 Å². The predicted molar refractivity (Wildman–Crippen MR) is 82.6 cm³/mol. The number of hydrogen-bond acceptors (Lipinski definition) is 2. The first-order valence-corrected chi connectivity index (χ1v) is 7.41. The largest absolute Gasteiger partial charge is 0.457 e. The molecule has 2 aromatic rings. The molecule has 0 aliphatic carbocycles. The zero-order valence-electron chi connectivity index (χ0n) is 11.3. The Bertz CT molecular complexity index is 574. The van der Waals surface area contributed by atoms with E-state index in [0.29, 0.717) is 5.75 Å². The first kappa shape index (κ1) is 15.0. The van der Waals surface area contributed by atoms with Crippen LogP contribution in [0.4, 0.5) is 4.39 Å². The van der Waals surface area contributed by atoms with E-state index in [1.54, 1.807) is 12.1 Å². The second-order valence-corrected chi connectivity index (χ2v) is 5.40. The first-order valence-electron chi connectivity index (χ1n) is 6.61. The van der Waals surface area contributed by atoms with Gasteiger partial charge in [0.2, 0.25) is 0 Å². The molecule has 1 N–H and O–H groups in total. The van der Waals surface area contributed by atoms with Crippen LogP contribution in [0, 0.1) is 5.82 Å². The number of rotatable bonds is 6. The van der Waals surface area contributed by atoms with Crippen LogP contribution < -0.4 is 10.1 Å². The van der Waals surface area contributed by atoms with E-state index in [2.05, 4.69) is 28.2 Å². The van der Waals surface area contributed by atoms with Gasteiger partial charge in [-0.05, 0) is 43.3 Å². The molecule has 0 atom stereocenters. The van der Waals surface area contributed by atoms with Crippen LogP contribution in [0.15, 0.2) is 46.9 Å². The highest BCUT2D eigenvalue weighted by molar-refractivity contribution is 9.10. The Morgan fingerprint density at radius 3 is 2.80 bits per heavy atom. The molecule has 0 heterocycles. The topological polar surface area (TPSA) is 21.3 Å². The molecule has 2 rings (SSSR count). The van der Waals surface area contributed by atoms with Crippen molar-refractivity contribution in [3.8, 4) is 11.5 Å². The summed E-state index contributed by atoms with van der Waals surface area (Å²) in [6, 6.07) is 12.0. The van der Waals surface area contributed by atoms with Crippen LogP contribution in [0.3, 0.4) is 0 Å². The molecule has 2 aromatic carbocycles. The summed E-state index contributed by atoms with van der Waals surface area (Å²) in [6.45, 7) is 3.79. The smallest absolute Gasteiger partial charge is 0.131 e. The van der Waals surface area contributed by atoms with Gasteiger partial charge >= 0.3 is 0 Å². The van der Waals surface area contributed by atoms with Gasteiger partial charge in [-0.2, -0.15) is 0 Å². The zero-order valence-corrected chi connectivity index (χ0v) is 12.9. The first-order chi connectivity index (χ1) is 9.69. The Kier molecular flexibility index (Phi) is 5.56. The maximum Gasteiger partial charge on any atom is 0.131 e. The molecule has 0 fully saturated rings. The fourth-order valence-electron chi connectivity index (χ4n) is 1.84. The van der Waals surface area contributed by atoms with E-state index >= 15 is 0 Å². The van der Waals surface area contributed by atoms with Crippen LogP contribution in [0.5, 0.6) is 11.5 Å². The van der Waals surface area contributed by atoms with E-state index in [0.717, 1.165) is 35.3 Å². The molecule has 0 aromatic heterocycles. The standard InChI is InChI=1S/C16H17BrFNO/c1-2-8-19-11-12-9-13(17)6-7-16(12)20-15-5-3-4-14(18)10-15/h3-7,9-10,19H,2,8,11H2,1H3. The zero-order chi connectivity index (χ0) is 14.4. The molecule has 0 aliphatic heterocycles. The molecule has 0 saturated carbocycles. The lowest BCUT2D eigenvalue weighted by Crippen LogP contribution is -2.14. The maximum absolute atomic E-state index is 13.2. The fourth-order valence-corrected chi connectivity index (χ4v) is 2.25. The average molecular weight is 338 g/mol. The van der Waals surface area contributed by atoms with Gasteiger partial charge in [-0.15, -0.1) is 0 Å². The minimum atomic E-state index is -0.301. The number of ether oxygens (including phenoxy) is 1. The lowest BCUT2D eigenvalue weighted by Gasteiger charge is -2.12. The van der Waals surface area contributed by atoms with Gasteiger partial charge in [0.1, 0.15) is 17.3 Å². The van der Waals surface area contributed by atoms with E-state index in [-0.39, 0.29) is 5.82 Å². The second-order valence-electron chi connectivity index (χ2n) is 4.49. The second kappa shape index (κ2) is 7.41. The lowest BCUT2D eigenvalue weighted by atomic mass is 10.2. The molecule has 0 unspecified atom stereocenters. The molecule has 0 amide bonds. The minimum absolute atomic E-state index is 0.301. The van der Waals surface area contributed by atoms with Gasteiger partial charge in [-0.1, -0.05) is 28.9 Å². The molecule has 20 heavy (non-hydrogen) atoms. The molecule has 0 bridgehead atoms. The fraction of sp³-hybridized carbons (Fsp3) is 0.250. The molecular weight excluding hydrogens is 321 g/mol. The van der Waals surface area contributed by atoms with Crippen molar-refractivity contribution in [2.75, 3.05) is 6.54 Å². The highest BCUT2D eigenvalue weighted by Gasteiger charge is 2.06. The van der Waals surface area contributed by atoms with Gasteiger partial charge in [0, 0.05) is 22.6 Å². The van der Waals surface area contributed by atoms with Crippen molar-refractivity contribution in [3.63, 3.8) is 0 Å². The van der Waals surface area contributed by atoms with E-state index in [9.17, 15) is 4.39 Å². The monoisotopic (exact) mass is 337 g/mol. The van der Waals surface area contributed by atoms with Gasteiger partial charge in [-0.25, -0.2) is 4.39 Å². The Balaban J connectivity index is 2.17. The number of benzene rings is 2. The van der Waals surface area contributed by atoms with Crippen LogP contribution in [-0.4, -0.2) is 6.54 Å². The summed E-state index contributed by atoms with van der Waals surface area (Å²) in [7, 11) is 0. The molecular formula is C16H17BrFNO. The summed E-state index contributed by atoms with van der Waals surface area (Å²) in [6.07, 6.45) is 1.08. The molecule has 0 aliphatic rings. The third-order valence-electron chi connectivity index (χ3n) is 2.79. The summed E-state index contributed by atoms with van der Waals surface area (Å²) in [5, 5.41) is 3.34. The van der Waals surface area contributed by atoms with Crippen molar-refractivity contribution in [1.29, 1.82) is 0 Å². The third kappa shape index (κ3) is 4.32. The summed E-state index contributed by atoms with van der Waals surface area (Å²) >= 11 is 3.46. The van der Waals surface area contributed by atoms with Crippen molar-refractivity contribution in [1.82, 2.24) is 5.32 Å². The van der Waals surface area contributed by atoms with Crippen molar-refractivity contribution in [3.05, 3.63) is 58.3 Å². The highest BCUT2D eigenvalue weighted by Crippen LogP contribution is 2.28. The number of nitrogens with one attached hydrogen (secondary N) is 1. The number of hydrogen-bond donors (Lipinski definition) is 1. The van der Waals surface area contributed by atoms with Crippen molar-refractivity contribution in [2.24, 2.45) is 0 Å². The van der Waals surface area contributed by atoms with Gasteiger partial charge in [-0.3, -0.25) is 0 Å². The molecule has 106 valence electrons. The van der Waals surface area contributed by atoms with Gasteiger partial charge < -0.3 is 10.1 Å². The van der Waals surface area contributed by atoms with E-state index < -0.39 is 0 Å². The van der Waals surface area contributed by atoms with E-state index in [1.165, 1.54) is 12.1 Å². The molecule has 0 radical (unpaired) electrons. The van der Waals surface area contributed by atoms with Crippen LogP contribution in [0.1, 0.15) is 18.9 Å². The third-order valence-corrected chi connectivity index (χ3v) is 3.28. The van der Waals surface area contributed by atoms with Crippen LogP contribution in [0.25, 0.3) is 0 Å². The quantitative estimate of drug-likeness (QED) is 0.758. The van der Waals surface area contributed by atoms with E-state index in [4.69, 9.17) is 4.74 Å². The SMILES string of the molecule is CCCNCc1cc(Br)ccc1Oc1cccc(F)c1. The van der Waals surface area contributed by atoms with E-state index in [1.807, 2.05) is 18.2 Å². The molecule has 2 nitrogen and oxygen atoms in total. The maximum atomic E-state index is 13.2. The molecule has 4 heteroatoms. The Morgan fingerprint density at radius 1 is 1.20 bits per heavy atom. The summed E-state index contributed by atoms with van der Waals surface area (Å²) in [4.78, 5) is 0. The van der Waals surface area contributed by atoms with Crippen LogP contribution in [0.2, 0.25) is 0 Å². The summed E-state index contributed by atoms with van der Waals surface area (Å²) in [5.41, 5.74) is 1.04. The van der Waals surface area contributed by atoms with Crippen molar-refractivity contribution in [2.45, 2.75) is 19.9 Å². The Hall–Kier alpha value is -1.39. The Labute approximate surface area is 127 Å². The molecule has 0 spiro atoms. The van der Waals surface area contributed by atoms with Crippen molar-refractivity contribution >= 4 is 15.9 Å².